The van der Waals surface area contributed by atoms with Crippen LogP contribution in [0.15, 0.2) is 18.2 Å². The summed E-state index contributed by atoms with van der Waals surface area (Å²) in [5, 5.41) is 2.60. The van der Waals surface area contributed by atoms with Gasteiger partial charge in [-0.05, 0) is 25.0 Å². The number of benzene rings is 1. The van der Waals surface area contributed by atoms with Crippen molar-refractivity contribution in [3.05, 3.63) is 35.4 Å². The number of hydrogen-bond acceptors (Lipinski definition) is 2. The standard InChI is InChI=1S/C13H18F2N2O/c1-8(2)13(3,7-16)17-12(18)11-9(14)5-4-6-10(11)15/h4-6,8H,7,16H2,1-3H3,(H,17,18). The highest BCUT2D eigenvalue weighted by Crippen LogP contribution is 2.18. The molecule has 100 valence electrons. The molecule has 5 heteroatoms. The molecule has 18 heavy (non-hydrogen) atoms. The van der Waals surface area contributed by atoms with Gasteiger partial charge in [0.05, 0.1) is 5.54 Å². The van der Waals surface area contributed by atoms with E-state index in [9.17, 15) is 13.6 Å². The van der Waals surface area contributed by atoms with Gasteiger partial charge in [0.1, 0.15) is 17.2 Å². The summed E-state index contributed by atoms with van der Waals surface area (Å²) in [5.74, 6) is -2.50. The van der Waals surface area contributed by atoms with Crippen molar-refractivity contribution < 1.29 is 13.6 Å². The Labute approximate surface area is 105 Å². The fourth-order valence-electron chi connectivity index (χ4n) is 1.47. The zero-order valence-corrected chi connectivity index (χ0v) is 10.8. The summed E-state index contributed by atoms with van der Waals surface area (Å²) in [6, 6.07) is 3.31. The minimum Gasteiger partial charge on any atom is -0.345 e. The molecule has 1 unspecified atom stereocenters. The SMILES string of the molecule is CC(C)C(C)(CN)NC(=O)c1c(F)cccc1F. The van der Waals surface area contributed by atoms with E-state index in [0.29, 0.717) is 0 Å². The Balaban J connectivity index is 3.02. The zero-order chi connectivity index (χ0) is 13.9. The third-order valence-electron chi connectivity index (χ3n) is 3.29. The van der Waals surface area contributed by atoms with E-state index < -0.39 is 28.6 Å². The summed E-state index contributed by atoms with van der Waals surface area (Å²) in [5.41, 5.74) is 4.33. The van der Waals surface area contributed by atoms with Gasteiger partial charge in [-0.15, -0.1) is 0 Å². The van der Waals surface area contributed by atoms with Gasteiger partial charge in [-0.25, -0.2) is 8.78 Å². The monoisotopic (exact) mass is 256 g/mol. The highest BCUT2D eigenvalue weighted by Gasteiger charge is 2.30. The van der Waals surface area contributed by atoms with Crippen LogP contribution in [-0.4, -0.2) is 18.0 Å². The van der Waals surface area contributed by atoms with Crippen molar-refractivity contribution >= 4 is 5.91 Å². The van der Waals surface area contributed by atoms with Gasteiger partial charge in [0.15, 0.2) is 0 Å². The molecule has 1 rings (SSSR count). The highest BCUT2D eigenvalue weighted by molar-refractivity contribution is 5.95. The Kier molecular flexibility index (Phi) is 4.40. The molecular formula is C13H18F2N2O. The number of amides is 1. The first-order valence-corrected chi connectivity index (χ1v) is 5.78. The molecular weight excluding hydrogens is 238 g/mol. The van der Waals surface area contributed by atoms with Crippen molar-refractivity contribution in [3.8, 4) is 0 Å². The van der Waals surface area contributed by atoms with E-state index in [1.54, 1.807) is 6.92 Å². The number of halogens is 2. The molecule has 1 aromatic carbocycles. The minimum atomic E-state index is -0.879. The van der Waals surface area contributed by atoms with Crippen molar-refractivity contribution in [2.75, 3.05) is 6.54 Å². The van der Waals surface area contributed by atoms with Crippen molar-refractivity contribution in [2.45, 2.75) is 26.3 Å². The molecule has 0 saturated carbocycles. The third-order valence-corrected chi connectivity index (χ3v) is 3.29. The lowest BCUT2D eigenvalue weighted by molar-refractivity contribution is 0.0874. The van der Waals surface area contributed by atoms with Crippen LogP contribution in [0.1, 0.15) is 31.1 Å². The van der Waals surface area contributed by atoms with Crippen LogP contribution in [0.5, 0.6) is 0 Å². The van der Waals surface area contributed by atoms with Crippen LogP contribution in [0.4, 0.5) is 8.78 Å². The maximum absolute atomic E-state index is 13.4. The van der Waals surface area contributed by atoms with E-state index in [1.807, 2.05) is 13.8 Å². The Hall–Kier alpha value is -1.49. The van der Waals surface area contributed by atoms with Gasteiger partial charge >= 0.3 is 0 Å². The van der Waals surface area contributed by atoms with Crippen molar-refractivity contribution in [1.29, 1.82) is 0 Å². The molecule has 3 nitrogen and oxygen atoms in total. The van der Waals surface area contributed by atoms with Gasteiger partial charge in [0.2, 0.25) is 0 Å². The van der Waals surface area contributed by atoms with E-state index in [0.717, 1.165) is 12.1 Å². The minimum absolute atomic E-state index is 0.0429. The van der Waals surface area contributed by atoms with Gasteiger partial charge in [0, 0.05) is 6.54 Å². The zero-order valence-electron chi connectivity index (χ0n) is 10.8. The van der Waals surface area contributed by atoms with Crippen LogP contribution < -0.4 is 11.1 Å². The average Bonchev–Trinajstić information content (AvgIpc) is 2.28. The summed E-state index contributed by atoms with van der Waals surface area (Å²) in [6.07, 6.45) is 0. The molecule has 0 heterocycles. The second kappa shape index (κ2) is 5.44. The quantitative estimate of drug-likeness (QED) is 0.866. The first-order chi connectivity index (χ1) is 8.31. The number of nitrogens with one attached hydrogen (secondary N) is 1. The van der Waals surface area contributed by atoms with Crippen LogP contribution in [0.25, 0.3) is 0 Å². The molecule has 0 aliphatic rings. The normalized spacial score (nSPS) is 14.4. The molecule has 0 aliphatic heterocycles. The van der Waals surface area contributed by atoms with Gasteiger partial charge in [-0.1, -0.05) is 19.9 Å². The largest absolute Gasteiger partial charge is 0.345 e. The highest BCUT2D eigenvalue weighted by atomic mass is 19.1. The van der Waals surface area contributed by atoms with E-state index in [2.05, 4.69) is 5.32 Å². The van der Waals surface area contributed by atoms with Gasteiger partial charge < -0.3 is 11.1 Å². The lowest BCUT2D eigenvalue weighted by Gasteiger charge is -2.33. The molecule has 0 aliphatic carbocycles. The molecule has 1 amide bonds. The summed E-state index contributed by atoms with van der Waals surface area (Å²) in [4.78, 5) is 11.9. The Bertz CT molecular complexity index is 428. The predicted molar refractivity (Wildman–Crippen MR) is 66.1 cm³/mol. The molecule has 0 bridgehead atoms. The number of hydrogen-bond donors (Lipinski definition) is 2. The molecule has 0 fully saturated rings. The van der Waals surface area contributed by atoms with Crippen LogP contribution >= 0.6 is 0 Å². The van der Waals surface area contributed by atoms with Crippen LogP contribution in [-0.2, 0) is 0 Å². The van der Waals surface area contributed by atoms with Gasteiger partial charge in [-0.3, -0.25) is 4.79 Å². The predicted octanol–water partition coefficient (Wildman–Crippen LogP) is 2.07. The van der Waals surface area contributed by atoms with Crippen LogP contribution in [0.3, 0.4) is 0 Å². The molecule has 3 N–H and O–H groups in total. The molecule has 0 radical (unpaired) electrons. The van der Waals surface area contributed by atoms with Crippen LogP contribution in [0.2, 0.25) is 0 Å². The van der Waals surface area contributed by atoms with E-state index in [4.69, 9.17) is 5.73 Å². The number of nitrogens with two attached hydrogens (primary N) is 1. The Morgan fingerprint density at radius 3 is 2.28 bits per heavy atom. The van der Waals surface area contributed by atoms with Gasteiger partial charge in [0.25, 0.3) is 5.91 Å². The van der Waals surface area contributed by atoms with Crippen molar-refractivity contribution in [1.82, 2.24) is 5.32 Å². The van der Waals surface area contributed by atoms with E-state index in [-0.39, 0.29) is 12.5 Å². The van der Waals surface area contributed by atoms with Crippen molar-refractivity contribution in [2.24, 2.45) is 11.7 Å². The summed E-state index contributed by atoms with van der Waals surface area (Å²) < 4.78 is 26.9. The lowest BCUT2D eigenvalue weighted by Crippen LogP contribution is -2.55. The maximum atomic E-state index is 13.4. The first-order valence-electron chi connectivity index (χ1n) is 5.78. The maximum Gasteiger partial charge on any atom is 0.257 e. The fourth-order valence-corrected chi connectivity index (χ4v) is 1.47. The molecule has 0 spiro atoms. The second-order valence-electron chi connectivity index (χ2n) is 4.83. The third kappa shape index (κ3) is 2.85. The lowest BCUT2D eigenvalue weighted by atomic mass is 9.88. The fraction of sp³-hybridized carbons (Fsp3) is 0.462. The van der Waals surface area contributed by atoms with Crippen LogP contribution in [0, 0.1) is 17.6 Å². The Morgan fingerprint density at radius 2 is 1.89 bits per heavy atom. The number of carbonyl (C=O) groups is 1. The van der Waals surface area contributed by atoms with E-state index >= 15 is 0 Å². The smallest absolute Gasteiger partial charge is 0.257 e. The molecule has 0 aromatic heterocycles. The topological polar surface area (TPSA) is 55.1 Å². The molecule has 1 aromatic rings. The molecule has 1 atom stereocenters. The first kappa shape index (κ1) is 14.6. The van der Waals surface area contributed by atoms with E-state index in [1.165, 1.54) is 6.07 Å². The summed E-state index contributed by atoms with van der Waals surface area (Å²) in [6.45, 7) is 5.69. The Morgan fingerprint density at radius 1 is 1.39 bits per heavy atom. The summed E-state index contributed by atoms with van der Waals surface area (Å²) in [7, 11) is 0. The van der Waals surface area contributed by atoms with Gasteiger partial charge in [-0.2, -0.15) is 0 Å². The number of carbonyl (C=O) groups excluding carboxylic acids is 1. The van der Waals surface area contributed by atoms with Crippen molar-refractivity contribution in [3.63, 3.8) is 0 Å². The summed E-state index contributed by atoms with van der Waals surface area (Å²) >= 11 is 0. The average molecular weight is 256 g/mol. The second-order valence-corrected chi connectivity index (χ2v) is 4.83. The number of rotatable bonds is 4. The molecule has 0 saturated heterocycles.